The Balaban J connectivity index is 2.17. The van der Waals surface area contributed by atoms with Gasteiger partial charge in [0.05, 0.1) is 0 Å². The molecule has 0 aliphatic heterocycles. The van der Waals surface area contributed by atoms with Crippen LogP contribution in [0.3, 0.4) is 0 Å². The molecule has 2 aromatic rings. The van der Waals surface area contributed by atoms with Crippen molar-refractivity contribution in [2.75, 3.05) is 0 Å². The molecule has 0 radical (unpaired) electrons. The molecule has 0 bridgehead atoms. The van der Waals surface area contributed by atoms with Crippen molar-refractivity contribution in [1.82, 2.24) is 0 Å². The van der Waals surface area contributed by atoms with Crippen molar-refractivity contribution in [2.45, 2.75) is 27.4 Å². The van der Waals surface area contributed by atoms with Crippen molar-refractivity contribution in [3.05, 3.63) is 64.5 Å². The van der Waals surface area contributed by atoms with E-state index >= 15 is 0 Å². The zero-order valence-electron chi connectivity index (χ0n) is 11.9. The minimum absolute atomic E-state index is 0.162. The SMILES string of the molecule is CC(=O)c1ccc(OCc2c(C)cccc2C)c(F)c1. The summed E-state index contributed by atoms with van der Waals surface area (Å²) in [7, 11) is 0. The molecule has 20 heavy (non-hydrogen) atoms. The van der Waals surface area contributed by atoms with Crippen LogP contribution < -0.4 is 4.74 Å². The molecular formula is C17H17FO2. The highest BCUT2D eigenvalue weighted by atomic mass is 19.1. The first-order valence-electron chi connectivity index (χ1n) is 6.47. The number of Topliss-reactive ketones (excluding diaryl/α,β-unsaturated/α-hetero) is 1. The van der Waals surface area contributed by atoms with E-state index in [1.807, 2.05) is 32.0 Å². The van der Waals surface area contributed by atoms with E-state index in [0.29, 0.717) is 12.2 Å². The number of ketones is 1. The third kappa shape index (κ3) is 3.05. The standard InChI is InChI=1S/C17H17FO2/c1-11-5-4-6-12(2)15(11)10-20-17-8-7-14(13(3)19)9-16(17)18/h4-9H,10H2,1-3H3. The molecular weight excluding hydrogens is 255 g/mol. The van der Waals surface area contributed by atoms with Crippen LogP contribution in [-0.2, 0) is 6.61 Å². The average Bonchev–Trinajstić information content (AvgIpc) is 2.39. The summed E-state index contributed by atoms with van der Waals surface area (Å²) in [5.41, 5.74) is 3.64. The molecule has 104 valence electrons. The van der Waals surface area contributed by atoms with Crippen LogP contribution in [0.5, 0.6) is 5.75 Å². The summed E-state index contributed by atoms with van der Waals surface area (Å²) in [6, 6.07) is 10.3. The predicted octanol–water partition coefficient (Wildman–Crippen LogP) is 4.22. The first-order valence-corrected chi connectivity index (χ1v) is 6.47. The summed E-state index contributed by atoms with van der Waals surface area (Å²) in [4.78, 5) is 11.2. The monoisotopic (exact) mass is 272 g/mol. The van der Waals surface area contributed by atoms with E-state index in [9.17, 15) is 9.18 Å². The molecule has 3 heteroatoms. The van der Waals surface area contributed by atoms with Crippen LogP contribution in [0.25, 0.3) is 0 Å². The molecule has 2 aromatic carbocycles. The number of benzene rings is 2. The lowest BCUT2D eigenvalue weighted by molar-refractivity contribution is 0.101. The van der Waals surface area contributed by atoms with Crippen molar-refractivity contribution < 1.29 is 13.9 Å². The van der Waals surface area contributed by atoms with Crippen molar-refractivity contribution in [2.24, 2.45) is 0 Å². The van der Waals surface area contributed by atoms with Crippen molar-refractivity contribution in [3.8, 4) is 5.75 Å². The lowest BCUT2D eigenvalue weighted by atomic mass is 10.0. The fraction of sp³-hybridized carbons (Fsp3) is 0.235. The number of aryl methyl sites for hydroxylation is 2. The minimum Gasteiger partial charge on any atom is -0.486 e. The molecule has 0 amide bonds. The van der Waals surface area contributed by atoms with Crippen LogP contribution in [0, 0.1) is 19.7 Å². The van der Waals surface area contributed by atoms with Gasteiger partial charge in [-0.15, -0.1) is 0 Å². The largest absolute Gasteiger partial charge is 0.486 e. The highest BCUT2D eigenvalue weighted by molar-refractivity contribution is 5.94. The van der Waals surface area contributed by atoms with E-state index in [1.165, 1.54) is 19.1 Å². The second-order valence-corrected chi connectivity index (χ2v) is 4.86. The lowest BCUT2D eigenvalue weighted by Crippen LogP contribution is -2.02. The quantitative estimate of drug-likeness (QED) is 0.779. The lowest BCUT2D eigenvalue weighted by Gasteiger charge is -2.12. The van der Waals surface area contributed by atoms with E-state index in [1.54, 1.807) is 6.07 Å². The van der Waals surface area contributed by atoms with E-state index in [2.05, 4.69) is 0 Å². The molecule has 0 unspecified atom stereocenters. The third-order valence-corrected chi connectivity index (χ3v) is 3.35. The smallest absolute Gasteiger partial charge is 0.165 e. The second kappa shape index (κ2) is 5.87. The third-order valence-electron chi connectivity index (χ3n) is 3.35. The van der Waals surface area contributed by atoms with Crippen LogP contribution >= 0.6 is 0 Å². The Morgan fingerprint density at radius 3 is 2.35 bits per heavy atom. The first kappa shape index (κ1) is 14.3. The fourth-order valence-corrected chi connectivity index (χ4v) is 2.06. The highest BCUT2D eigenvalue weighted by Gasteiger charge is 2.09. The topological polar surface area (TPSA) is 26.3 Å². The van der Waals surface area contributed by atoms with Crippen molar-refractivity contribution in [1.29, 1.82) is 0 Å². The van der Waals surface area contributed by atoms with E-state index in [4.69, 9.17) is 4.74 Å². The van der Waals surface area contributed by atoms with Gasteiger partial charge in [0.15, 0.2) is 17.3 Å². The van der Waals surface area contributed by atoms with Gasteiger partial charge in [-0.05, 0) is 55.7 Å². The number of rotatable bonds is 4. The number of carbonyl (C=O) groups is 1. The van der Waals surface area contributed by atoms with Gasteiger partial charge in [0.1, 0.15) is 6.61 Å². The van der Waals surface area contributed by atoms with Gasteiger partial charge in [-0.2, -0.15) is 0 Å². The van der Waals surface area contributed by atoms with Gasteiger partial charge < -0.3 is 4.74 Å². The van der Waals surface area contributed by atoms with E-state index in [-0.39, 0.29) is 11.5 Å². The molecule has 0 N–H and O–H groups in total. The summed E-state index contributed by atoms with van der Waals surface area (Å²) in [5, 5.41) is 0. The zero-order valence-corrected chi connectivity index (χ0v) is 11.9. The molecule has 0 atom stereocenters. The molecule has 0 aliphatic rings. The summed E-state index contributed by atoms with van der Waals surface area (Å²) < 4.78 is 19.4. The molecule has 0 fully saturated rings. The summed E-state index contributed by atoms with van der Waals surface area (Å²) in [5.74, 6) is -0.508. The average molecular weight is 272 g/mol. The van der Waals surface area contributed by atoms with Gasteiger partial charge >= 0.3 is 0 Å². The summed E-state index contributed by atoms with van der Waals surface area (Å²) >= 11 is 0. The fourth-order valence-electron chi connectivity index (χ4n) is 2.06. The Morgan fingerprint density at radius 2 is 1.80 bits per heavy atom. The van der Waals surface area contributed by atoms with Gasteiger partial charge in [0, 0.05) is 5.56 Å². The zero-order chi connectivity index (χ0) is 14.7. The van der Waals surface area contributed by atoms with Crippen LogP contribution in [0.15, 0.2) is 36.4 Å². The number of ether oxygens (including phenoxy) is 1. The van der Waals surface area contributed by atoms with Crippen LogP contribution in [0.2, 0.25) is 0 Å². The Morgan fingerprint density at radius 1 is 1.15 bits per heavy atom. The molecule has 0 aliphatic carbocycles. The van der Waals surface area contributed by atoms with Gasteiger partial charge in [0.2, 0.25) is 0 Å². The van der Waals surface area contributed by atoms with Gasteiger partial charge in [-0.3, -0.25) is 4.79 Å². The second-order valence-electron chi connectivity index (χ2n) is 4.86. The number of halogens is 1. The summed E-state index contributed by atoms with van der Waals surface area (Å²) in [6.45, 7) is 5.72. The number of hydrogen-bond donors (Lipinski definition) is 0. The Bertz CT molecular complexity index is 627. The Labute approximate surface area is 118 Å². The first-order chi connectivity index (χ1) is 9.49. The van der Waals surface area contributed by atoms with Gasteiger partial charge in [-0.1, -0.05) is 18.2 Å². The maximum atomic E-state index is 13.8. The van der Waals surface area contributed by atoms with Crippen LogP contribution in [-0.4, -0.2) is 5.78 Å². The number of hydrogen-bond acceptors (Lipinski definition) is 2. The van der Waals surface area contributed by atoms with E-state index in [0.717, 1.165) is 16.7 Å². The Kier molecular flexibility index (Phi) is 4.18. The van der Waals surface area contributed by atoms with Crippen molar-refractivity contribution in [3.63, 3.8) is 0 Å². The molecule has 0 heterocycles. The van der Waals surface area contributed by atoms with Crippen molar-refractivity contribution >= 4 is 5.78 Å². The predicted molar refractivity (Wildman–Crippen MR) is 76.7 cm³/mol. The molecule has 0 aromatic heterocycles. The maximum Gasteiger partial charge on any atom is 0.165 e. The highest BCUT2D eigenvalue weighted by Crippen LogP contribution is 2.22. The Hall–Kier alpha value is -2.16. The molecule has 2 rings (SSSR count). The molecule has 0 saturated carbocycles. The van der Waals surface area contributed by atoms with E-state index < -0.39 is 5.82 Å². The van der Waals surface area contributed by atoms with Gasteiger partial charge in [0.25, 0.3) is 0 Å². The normalized spacial score (nSPS) is 10.4. The van der Waals surface area contributed by atoms with Gasteiger partial charge in [-0.25, -0.2) is 4.39 Å². The molecule has 0 spiro atoms. The molecule has 2 nitrogen and oxygen atoms in total. The number of carbonyl (C=O) groups excluding carboxylic acids is 1. The summed E-state index contributed by atoms with van der Waals surface area (Å²) in [6.07, 6.45) is 0. The van der Waals surface area contributed by atoms with Crippen LogP contribution in [0.1, 0.15) is 34.0 Å². The molecule has 0 saturated heterocycles. The minimum atomic E-state index is -0.510. The van der Waals surface area contributed by atoms with Crippen LogP contribution in [0.4, 0.5) is 4.39 Å². The maximum absolute atomic E-state index is 13.8.